The van der Waals surface area contributed by atoms with E-state index in [0.717, 1.165) is 17.1 Å². The van der Waals surface area contributed by atoms with Crippen molar-refractivity contribution in [3.63, 3.8) is 0 Å². The summed E-state index contributed by atoms with van der Waals surface area (Å²) in [7, 11) is 3.61. The minimum absolute atomic E-state index is 0.302. The number of imidazole rings is 1. The third-order valence-electron chi connectivity index (χ3n) is 4.80. The number of carbonyl (C=O) groups is 1. The van der Waals surface area contributed by atoms with Gasteiger partial charge in [-0.2, -0.15) is 0 Å². The van der Waals surface area contributed by atoms with E-state index in [-0.39, 0.29) is 11.7 Å². The molecule has 31 heavy (non-hydrogen) atoms. The molecule has 1 heterocycles. The van der Waals surface area contributed by atoms with E-state index in [4.69, 9.17) is 0 Å². The molecule has 3 N–H and O–H groups in total. The average Bonchev–Trinajstić information content (AvgIpc) is 3.24. The highest BCUT2D eigenvalue weighted by atomic mass is 19.1. The Hall–Kier alpha value is -3.68. The van der Waals surface area contributed by atoms with Crippen LogP contribution in [0, 0.1) is 12.7 Å². The summed E-state index contributed by atoms with van der Waals surface area (Å²) in [5.74, 6) is 0.793. The standard InChI is InChI=1S/C23H27FN6O/c1-16-9-10-18(13-19(16)24)22(31)26-11-12-27-23(25-2)30(3)15-21-28-14-20(29-21)17-7-5-4-6-8-17/h4-10,13-14H,11-12,15H2,1-3H3,(H,25,27)(H,26,31)(H,28,29). The number of aliphatic imine (C=N–C) groups is 1. The lowest BCUT2D eigenvalue weighted by Gasteiger charge is -2.21. The van der Waals surface area contributed by atoms with Crippen LogP contribution in [0.5, 0.6) is 0 Å². The van der Waals surface area contributed by atoms with Gasteiger partial charge in [-0.15, -0.1) is 0 Å². The van der Waals surface area contributed by atoms with E-state index in [2.05, 4.69) is 25.6 Å². The van der Waals surface area contributed by atoms with Gasteiger partial charge in [-0.05, 0) is 30.2 Å². The van der Waals surface area contributed by atoms with Gasteiger partial charge in [0.05, 0.1) is 18.4 Å². The minimum Gasteiger partial charge on any atom is -0.354 e. The smallest absolute Gasteiger partial charge is 0.251 e. The van der Waals surface area contributed by atoms with Crippen molar-refractivity contribution in [2.75, 3.05) is 27.2 Å². The number of halogens is 1. The Labute approximate surface area is 181 Å². The zero-order chi connectivity index (χ0) is 22.2. The number of rotatable bonds is 7. The van der Waals surface area contributed by atoms with Crippen LogP contribution in [0.15, 0.2) is 59.7 Å². The molecule has 2 aromatic carbocycles. The number of carbonyl (C=O) groups excluding carboxylic acids is 1. The van der Waals surface area contributed by atoms with Crippen LogP contribution in [0.4, 0.5) is 4.39 Å². The van der Waals surface area contributed by atoms with E-state index < -0.39 is 0 Å². The maximum atomic E-state index is 13.6. The molecule has 8 heteroatoms. The summed E-state index contributed by atoms with van der Waals surface area (Å²) in [5, 5.41) is 5.98. The second kappa shape index (κ2) is 10.4. The van der Waals surface area contributed by atoms with Crippen molar-refractivity contribution in [3.8, 4) is 11.3 Å². The molecule has 3 rings (SSSR count). The van der Waals surface area contributed by atoms with Crippen LogP contribution >= 0.6 is 0 Å². The Balaban J connectivity index is 1.47. The SMILES string of the molecule is CN=C(NCCNC(=O)c1ccc(C)c(F)c1)N(C)Cc1ncc(-c2ccccc2)[nH]1. The highest BCUT2D eigenvalue weighted by Crippen LogP contribution is 2.16. The van der Waals surface area contributed by atoms with Crippen LogP contribution in [0.2, 0.25) is 0 Å². The van der Waals surface area contributed by atoms with Gasteiger partial charge in [0.15, 0.2) is 5.96 Å². The molecular formula is C23H27FN6O. The lowest BCUT2D eigenvalue weighted by Crippen LogP contribution is -2.42. The predicted molar refractivity (Wildman–Crippen MR) is 120 cm³/mol. The van der Waals surface area contributed by atoms with Crippen molar-refractivity contribution in [1.82, 2.24) is 25.5 Å². The Bertz CT molecular complexity index is 1050. The number of aromatic amines is 1. The zero-order valence-electron chi connectivity index (χ0n) is 17.9. The van der Waals surface area contributed by atoms with Gasteiger partial charge in [0.1, 0.15) is 11.6 Å². The first-order valence-electron chi connectivity index (χ1n) is 10.0. The highest BCUT2D eigenvalue weighted by molar-refractivity contribution is 5.94. The number of H-pyrrole nitrogens is 1. The summed E-state index contributed by atoms with van der Waals surface area (Å²) in [6.45, 7) is 3.06. The van der Waals surface area contributed by atoms with Gasteiger partial charge in [0.25, 0.3) is 5.91 Å². The number of aromatic nitrogens is 2. The third-order valence-corrected chi connectivity index (χ3v) is 4.80. The number of hydrogen-bond acceptors (Lipinski definition) is 3. The van der Waals surface area contributed by atoms with Crippen LogP contribution in [0.25, 0.3) is 11.3 Å². The predicted octanol–water partition coefficient (Wildman–Crippen LogP) is 2.96. The minimum atomic E-state index is -0.388. The summed E-state index contributed by atoms with van der Waals surface area (Å²) in [6, 6.07) is 14.5. The fraction of sp³-hybridized carbons (Fsp3) is 0.261. The molecule has 0 fully saturated rings. The highest BCUT2D eigenvalue weighted by Gasteiger charge is 2.11. The molecule has 0 unspecified atom stereocenters. The molecule has 0 bridgehead atoms. The summed E-state index contributed by atoms with van der Waals surface area (Å²) < 4.78 is 13.6. The topological polar surface area (TPSA) is 85.4 Å². The molecule has 0 spiro atoms. The largest absolute Gasteiger partial charge is 0.354 e. The van der Waals surface area contributed by atoms with E-state index in [1.807, 2.05) is 48.5 Å². The molecule has 1 aromatic heterocycles. The molecule has 1 amide bonds. The molecule has 3 aromatic rings. The van der Waals surface area contributed by atoms with Crippen LogP contribution in [0.3, 0.4) is 0 Å². The quantitative estimate of drug-likeness (QED) is 0.310. The first-order valence-corrected chi connectivity index (χ1v) is 10.0. The van der Waals surface area contributed by atoms with Gasteiger partial charge in [-0.3, -0.25) is 9.79 Å². The molecule has 0 saturated heterocycles. The van der Waals surface area contributed by atoms with Crippen molar-refractivity contribution in [2.24, 2.45) is 4.99 Å². The van der Waals surface area contributed by atoms with Crippen molar-refractivity contribution >= 4 is 11.9 Å². The Kier molecular flexibility index (Phi) is 7.37. The second-order valence-electron chi connectivity index (χ2n) is 7.16. The third kappa shape index (κ3) is 5.91. The molecule has 0 radical (unpaired) electrons. The number of aryl methyl sites for hydroxylation is 1. The molecule has 0 aliphatic carbocycles. The number of nitrogens with one attached hydrogen (secondary N) is 3. The summed E-state index contributed by atoms with van der Waals surface area (Å²) in [5.41, 5.74) is 2.85. The fourth-order valence-electron chi connectivity index (χ4n) is 3.08. The molecule has 7 nitrogen and oxygen atoms in total. The number of hydrogen-bond donors (Lipinski definition) is 3. The monoisotopic (exact) mass is 422 g/mol. The molecular weight excluding hydrogens is 395 g/mol. The van der Waals surface area contributed by atoms with E-state index in [1.54, 1.807) is 26.1 Å². The Morgan fingerprint density at radius 1 is 1.16 bits per heavy atom. The maximum absolute atomic E-state index is 13.6. The van der Waals surface area contributed by atoms with Gasteiger partial charge in [-0.25, -0.2) is 9.37 Å². The number of nitrogens with zero attached hydrogens (tertiary/aromatic N) is 3. The average molecular weight is 423 g/mol. The van der Waals surface area contributed by atoms with E-state index in [1.165, 1.54) is 6.07 Å². The molecule has 0 saturated carbocycles. The molecule has 0 aliphatic heterocycles. The first-order chi connectivity index (χ1) is 15.0. The van der Waals surface area contributed by atoms with Crippen molar-refractivity contribution in [3.05, 3.63) is 77.5 Å². The summed E-state index contributed by atoms with van der Waals surface area (Å²) >= 11 is 0. The Morgan fingerprint density at radius 3 is 2.61 bits per heavy atom. The van der Waals surface area contributed by atoms with Crippen LogP contribution in [0.1, 0.15) is 21.7 Å². The van der Waals surface area contributed by atoms with E-state index in [9.17, 15) is 9.18 Å². The molecule has 162 valence electrons. The van der Waals surface area contributed by atoms with Crippen molar-refractivity contribution in [1.29, 1.82) is 0 Å². The fourth-order valence-corrected chi connectivity index (χ4v) is 3.08. The molecule has 0 aliphatic rings. The van der Waals surface area contributed by atoms with Gasteiger partial charge in [-0.1, -0.05) is 36.4 Å². The zero-order valence-corrected chi connectivity index (χ0v) is 17.9. The lowest BCUT2D eigenvalue weighted by molar-refractivity contribution is 0.0954. The van der Waals surface area contributed by atoms with Gasteiger partial charge < -0.3 is 20.5 Å². The molecule has 0 atom stereocenters. The Morgan fingerprint density at radius 2 is 1.90 bits per heavy atom. The maximum Gasteiger partial charge on any atom is 0.251 e. The lowest BCUT2D eigenvalue weighted by atomic mass is 10.1. The van der Waals surface area contributed by atoms with Crippen molar-refractivity contribution in [2.45, 2.75) is 13.5 Å². The van der Waals surface area contributed by atoms with E-state index in [0.29, 0.717) is 36.7 Å². The van der Waals surface area contributed by atoms with E-state index >= 15 is 0 Å². The van der Waals surface area contributed by atoms with Crippen LogP contribution in [-0.4, -0.2) is 53.9 Å². The first kappa shape index (κ1) is 22.0. The van der Waals surface area contributed by atoms with Gasteiger partial charge >= 0.3 is 0 Å². The van der Waals surface area contributed by atoms with Crippen LogP contribution in [-0.2, 0) is 6.54 Å². The number of amides is 1. The normalized spacial score (nSPS) is 11.3. The van der Waals surface area contributed by atoms with Crippen molar-refractivity contribution < 1.29 is 9.18 Å². The summed E-state index contributed by atoms with van der Waals surface area (Å²) in [4.78, 5) is 26.1. The number of benzene rings is 2. The number of guanidine groups is 1. The van der Waals surface area contributed by atoms with Gasteiger partial charge in [0.2, 0.25) is 0 Å². The second-order valence-corrected chi connectivity index (χ2v) is 7.16. The van der Waals surface area contributed by atoms with Crippen LogP contribution < -0.4 is 10.6 Å². The summed E-state index contributed by atoms with van der Waals surface area (Å²) in [6.07, 6.45) is 1.82. The van der Waals surface area contributed by atoms with Gasteiger partial charge in [0, 0.05) is 32.7 Å².